The predicted molar refractivity (Wildman–Crippen MR) is 71.9 cm³/mol. The average Bonchev–Trinajstić information content (AvgIpc) is 2.47. The molecule has 112 valence electrons. The van der Waals surface area contributed by atoms with Crippen LogP contribution >= 0.6 is 0 Å². The van der Waals surface area contributed by atoms with Crippen LogP contribution in [0.4, 0.5) is 0 Å². The summed E-state index contributed by atoms with van der Waals surface area (Å²) in [4.78, 5) is 10.8. The van der Waals surface area contributed by atoms with Gasteiger partial charge in [-0.2, -0.15) is 9.57 Å². The van der Waals surface area contributed by atoms with Crippen molar-refractivity contribution in [3.05, 3.63) is 29.8 Å². The Morgan fingerprint density at radius 3 is 2.95 bits per heavy atom. The van der Waals surface area contributed by atoms with Gasteiger partial charge in [0.05, 0.1) is 42.2 Å². The Morgan fingerprint density at radius 2 is 2.29 bits per heavy atom. The molecular weight excluding hydrogens is 296 g/mol. The molecule has 1 heterocycles. The first-order valence-electron chi connectivity index (χ1n) is 6.26. The van der Waals surface area contributed by atoms with Gasteiger partial charge in [0, 0.05) is 6.54 Å². The summed E-state index contributed by atoms with van der Waals surface area (Å²) in [6.45, 7) is 0.355. The van der Waals surface area contributed by atoms with E-state index < -0.39 is 22.0 Å². The number of nitriles is 1. The highest BCUT2D eigenvalue weighted by atomic mass is 32.2. The van der Waals surface area contributed by atoms with Crippen LogP contribution in [-0.4, -0.2) is 49.6 Å². The van der Waals surface area contributed by atoms with E-state index in [4.69, 9.17) is 15.1 Å². The molecule has 0 radical (unpaired) electrons. The number of morpholine rings is 1. The van der Waals surface area contributed by atoms with Crippen molar-refractivity contribution in [3.63, 3.8) is 0 Å². The fraction of sp³-hybridized carbons (Fsp3) is 0.385. The van der Waals surface area contributed by atoms with E-state index in [1.165, 1.54) is 24.3 Å². The molecule has 1 unspecified atom stereocenters. The quantitative estimate of drug-likeness (QED) is 0.863. The molecule has 2 rings (SSSR count). The molecule has 1 N–H and O–H groups in total. The first-order valence-corrected chi connectivity index (χ1v) is 7.70. The van der Waals surface area contributed by atoms with Gasteiger partial charge in [-0.3, -0.25) is 4.79 Å². The second-order valence-corrected chi connectivity index (χ2v) is 6.47. The Bertz CT molecular complexity index is 680. The largest absolute Gasteiger partial charge is 0.481 e. The summed E-state index contributed by atoms with van der Waals surface area (Å²) in [5.41, 5.74) is 0.235. The fourth-order valence-corrected chi connectivity index (χ4v) is 3.82. The number of ether oxygens (including phenoxy) is 1. The van der Waals surface area contributed by atoms with Gasteiger partial charge in [0.15, 0.2) is 0 Å². The summed E-state index contributed by atoms with van der Waals surface area (Å²) in [5, 5.41) is 17.7. The molecule has 0 bridgehead atoms. The van der Waals surface area contributed by atoms with Crippen LogP contribution in [0.5, 0.6) is 0 Å². The molecule has 1 aliphatic heterocycles. The predicted octanol–water partition coefficient (Wildman–Crippen LogP) is 0.422. The zero-order chi connectivity index (χ0) is 15.5. The van der Waals surface area contributed by atoms with Crippen molar-refractivity contribution >= 4 is 16.0 Å². The maximum absolute atomic E-state index is 12.6. The topological polar surface area (TPSA) is 108 Å². The minimum atomic E-state index is -3.85. The number of nitrogens with zero attached hydrogens (tertiary/aromatic N) is 2. The molecule has 0 spiro atoms. The zero-order valence-electron chi connectivity index (χ0n) is 11.1. The summed E-state index contributed by atoms with van der Waals surface area (Å²) in [6.07, 6.45) is -0.322. The number of hydrogen-bond acceptors (Lipinski definition) is 5. The van der Waals surface area contributed by atoms with Crippen molar-refractivity contribution < 1.29 is 23.1 Å². The molecule has 0 aromatic heterocycles. The van der Waals surface area contributed by atoms with Gasteiger partial charge in [-0.25, -0.2) is 8.42 Å². The van der Waals surface area contributed by atoms with E-state index >= 15 is 0 Å². The van der Waals surface area contributed by atoms with Crippen molar-refractivity contribution in [2.45, 2.75) is 17.4 Å². The molecule has 1 aromatic carbocycles. The Balaban J connectivity index is 2.36. The maximum Gasteiger partial charge on any atom is 0.305 e. The average molecular weight is 310 g/mol. The fourth-order valence-electron chi connectivity index (χ4n) is 2.18. The number of rotatable bonds is 4. The molecule has 1 aliphatic rings. The number of benzene rings is 1. The lowest BCUT2D eigenvalue weighted by molar-refractivity contribution is -0.139. The standard InChI is InChI=1S/C13H14N2O5S/c14-8-10-2-1-3-12(6-10)21(18,19)15-4-5-20-9-11(15)7-13(16)17/h1-3,6,11H,4-5,7,9H2,(H,16,17). The number of carboxylic acid groups (broad SMARTS) is 1. The van der Waals surface area contributed by atoms with Gasteiger partial charge < -0.3 is 9.84 Å². The van der Waals surface area contributed by atoms with Gasteiger partial charge in [0.2, 0.25) is 10.0 Å². The van der Waals surface area contributed by atoms with E-state index in [9.17, 15) is 13.2 Å². The molecule has 1 aromatic rings. The van der Waals surface area contributed by atoms with Crippen molar-refractivity contribution in [2.24, 2.45) is 0 Å². The lowest BCUT2D eigenvalue weighted by Crippen LogP contribution is -2.49. The third-order valence-corrected chi connectivity index (χ3v) is 5.10. The highest BCUT2D eigenvalue weighted by Gasteiger charge is 2.35. The van der Waals surface area contributed by atoms with Gasteiger partial charge in [0.25, 0.3) is 0 Å². The summed E-state index contributed by atoms with van der Waals surface area (Å²) in [6, 6.07) is 6.80. The third-order valence-electron chi connectivity index (χ3n) is 3.15. The van der Waals surface area contributed by atoms with Crippen LogP contribution in [0.15, 0.2) is 29.2 Å². The molecule has 8 heteroatoms. The van der Waals surface area contributed by atoms with Crippen LogP contribution < -0.4 is 0 Å². The highest BCUT2D eigenvalue weighted by molar-refractivity contribution is 7.89. The highest BCUT2D eigenvalue weighted by Crippen LogP contribution is 2.22. The normalized spacial score (nSPS) is 19.9. The number of sulfonamides is 1. The van der Waals surface area contributed by atoms with Crippen molar-refractivity contribution in [3.8, 4) is 6.07 Å². The lowest BCUT2D eigenvalue weighted by atomic mass is 10.2. The van der Waals surface area contributed by atoms with Crippen LogP contribution in [0.2, 0.25) is 0 Å². The molecule has 0 aliphatic carbocycles. The van der Waals surface area contributed by atoms with Crippen LogP contribution in [-0.2, 0) is 19.6 Å². The Hall–Kier alpha value is -1.95. The minimum absolute atomic E-state index is 0.0150. The van der Waals surface area contributed by atoms with Crippen LogP contribution in [0.1, 0.15) is 12.0 Å². The first-order chi connectivity index (χ1) is 9.95. The Labute approximate surface area is 122 Å². The maximum atomic E-state index is 12.6. The molecule has 21 heavy (non-hydrogen) atoms. The van der Waals surface area contributed by atoms with Gasteiger partial charge in [0.1, 0.15) is 0 Å². The number of hydrogen-bond donors (Lipinski definition) is 1. The van der Waals surface area contributed by atoms with Gasteiger partial charge in [-0.05, 0) is 18.2 Å². The molecular formula is C13H14N2O5S. The summed E-state index contributed by atoms with van der Waals surface area (Å²) in [7, 11) is -3.85. The summed E-state index contributed by atoms with van der Waals surface area (Å²) >= 11 is 0. The van der Waals surface area contributed by atoms with E-state index in [2.05, 4.69) is 0 Å². The number of carbonyl (C=O) groups is 1. The van der Waals surface area contributed by atoms with Crippen molar-refractivity contribution in [1.82, 2.24) is 4.31 Å². The molecule has 0 amide bonds. The second-order valence-electron chi connectivity index (χ2n) is 4.58. The molecule has 1 fully saturated rings. The van der Waals surface area contributed by atoms with Crippen LogP contribution in [0.3, 0.4) is 0 Å². The smallest absolute Gasteiger partial charge is 0.305 e. The molecule has 1 atom stereocenters. The Morgan fingerprint density at radius 1 is 1.52 bits per heavy atom. The van der Waals surface area contributed by atoms with Crippen molar-refractivity contribution in [2.75, 3.05) is 19.8 Å². The van der Waals surface area contributed by atoms with Gasteiger partial charge in [-0.15, -0.1) is 0 Å². The Kier molecular flexibility index (Phi) is 4.57. The van der Waals surface area contributed by atoms with E-state index in [-0.39, 0.29) is 36.6 Å². The monoisotopic (exact) mass is 310 g/mol. The summed E-state index contributed by atoms with van der Waals surface area (Å²) < 4.78 is 31.5. The third kappa shape index (κ3) is 3.39. The van der Waals surface area contributed by atoms with Crippen molar-refractivity contribution in [1.29, 1.82) is 5.26 Å². The molecule has 1 saturated heterocycles. The zero-order valence-corrected chi connectivity index (χ0v) is 11.9. The number of aliphatic carboxylic acids is 1. The SMILES string of the molecule is N#Cc1cccc(S(=O)(=O)N2CCOCC2CC(=O)O)c1. The van der Waals surface area contributed by atoms with E-state index in [1.807, 2.05) is 6.07 Å². The van der Waals surface area contributed by atoms with Crippen LogP contribution in [0, 0.1) is 11.3 Å². The molecule has 0 saturated carbocycles. The van der Waals surface area contributed by atoms with Crippen LogP contribution in [0.25, 0.3) is 0 Å². The second kappa shape index (κ2) is 6.22. The lowest BCUT2D eigenvalue weighted by Gasteiger charge is -2.33. The van der Waals surface area contributed by atoms with E-state index in [0.29, 0.717) is 0 Å². The van der Waals surface area contributed by atoms with Gasteiger partial charge >= 0.3 is 5.97 Å². The summed E-state index contributed by atoms with van der Waals surface area (Å²) in [5.74, 6) is -1.09. The first kappa shape index (κ1) is 15.4. The van der Waals surface area contributed by atoms with E-state index in [1.54, 1.807) is 0 Å². The van der Waals surface area contributed by atoms with E-state index in [0.717, 1.165) is 4.31 Å². The number of carboxylic acids is 1. The minimum Gasteiger partial charge on any atom is -0.481 e. The molecule has 7 nitrogen and oxygen atoms in total. The van der Waals surface area contributed by atoms with Gasteiger partial charge in [-0.1, -0.05) is 6.07 Å².